The van der Waals surface area contributed by atoms with E-state index >= 15 is 0 Å². The quantitative estimate of drug-likeness (QED) is 0.0867. The Balaban J connectivity index is 0.00000486. The first-order valence-electron chi connectivity index (χ1n) is 15.4. The molecular formula is C34H50F3NO8. The summed E-state index contributed by atoms with van der Waals surface area (Å²) in [6, 6.07) is 10.9. The van der Waals surface area contributed by atoms with Crippen molar-refractivity contribution in [3.05, 3.63) is 65.2 Å². The number of alkyl carbamates (subject to hydrolysis) is 1. The molecule has 0 heterocycles. The number of hydrogen-bond acceptors (Lipinski definition) is 8. The van der Waals surface area contributed by atoms with Crippen molar-refractivity contribution in [3.63, 3.8) is 0 Å². The molecule has 2 rings (SSSR count). The van der Waals surface area contributed by atoms with Gasteiger partial charge in [0.05, 0.1) is 39.1 Å². The zero-order valence-electron chi connectivity index (χ0n) is 28.3. The number of halogens is 3. The van der Waals surface area contributed by atoms with Gasteiger partial charge in [-0.05, 0) is 63.4 Å². The molecule has 0 fully saturated rings. The highest BCUT2D eigenvalue weighted by atomic mass is 19.4. The van der Waals surface area contributed by atoms with Gasteiger partial charge < -0.3 is 29.0 Å². The number of methoxy groups -OCH3 is 1. The Bertz CT molecular complexity index is 1130. The normalized spacial score (nSPS) is 11.5. The summed E-state index contributed by atoms with van der Waals surface area (Å²) in [6.07, 6.45) is -4.53. The molecule has 0 saturated heterocycles. The van der Waals surface area contributed by atoms with Gasteiger partial charge in [0.15, 0.2) is 5.78 Å². The Hall–Kier alpha value is -3.64. The average Bonchev–Trinajstić information content (AvgIpc) is 3.03. The maximum absolute atomic E-state index is 12.9. The van der Waals surface area contributed by atoms with Crippen LogP contribution in [0, 0.1) is 5.92 Å². The topological polar surface area (TPSA) is 109 Å². The van der Waals surface area contributed by atoms with E-state index in [1.165, 1.54) is 0 Å². The molecule has 0 spiro atoms. The van der Waals surface area contributed by atoms with E-state index in [2.05, 4.69) is 5.32 Å². The standard InChI is InChI=1S/C30H38F3NO8.2C2H6/c1-29(2,3)42-28(37)34-15-16-39-17-18-40-19-20-41-24-12-5-21(6-13-24)7-14-25(27(36)38-4)26(35)22-8-10-23(11-9-22)30(31,32)33;2*1-2/h5-6,8-13,25H,7,14-20H2,1-4H3,(H,34,37);2*1-2H3. The molecule has 0 aromatic heterocycles. The largest absolute Gasteiger partial charge is 0.491 e. The molecule has 0 bridgehead atoms. The SMILES string of the molecule is CC.CC.COC(=O)C(CCc1ccc(OCCOCCOCCNC(=O)OC(C)(C)C)cc1)C(=O)c1ccc(C(F)(F)F)cc1. The fourth-order valence-electron chi connectivity index (χ4n) is 3.67. The number of carbonyl (C=O) groups is 3. The van der Waals surface area contributed by atoms with Crippen molar-refractivity contribution in [1.82, 2.24) is 5.32 Å². The lowest BCUT2D eigenvalue weighted by Gasteiger charge is -2.19. The first-order valence-corrected chi connectivity index (χ1v) is 15.4. The van der Waals surface area contributed by atoms with Crippen LogP contribution in [0.2, 0.25) is 0 Å². The van der Waals surface area contributed by atoms with Crippen LogP contribution >= 0.6 is 0 Å². The summed E-state index contributed by atoms with van der Waals surface area (Å²) in [7, 11) is 1.16. The first-order chi connectivity index (χ1) is 21.8. The van der Waals surface area contributed by atoms with Crippen LogP contribution in [0.4, 0.5) is 18.0 Å². The van der Waals surface area contributed by atoms with E-state index in [1.807, 2.05) is 27.7 Å². The molecule has 1 unspecified atom stereocenters. The predicted molar refractivity (Wildman–Crippen MR) is 170 cm³/mol. The van der Waals surface area contributed by atoms with Crippen molar-refractivity contribution >= 4 is 17.8 Å². The Morgan fingerprint density at radius 1 is 0.783 bits per heavy atom. The summed E-state index contributed by atoms with van der Waals surface area (Å²) in [5.41, 5.74) is -0.585. The van der Waals surface area contributed by atoms with Gasteiger partial charge in [-0.3, -0.25) is 9.59 Å². The molecule has 0 saturated carbocycles. The third-order valence-corrected chi connectivity index (χ3v) is 5.73. The number of aryl methyl sites for hydroxylation is 1. The van der Waals surface area contributed by atoms with Gasteiger partial charge >= 0.3 is 18.2 Å². The molecule has 0 radical (unpaired) electrons. The number of amides is 1. The monoisotopic (exact) mass is 657 g/mol. The first kappa shape index (κ1) is 42.4. The lowest BCUT2D eigenvalue weighted by Crippen LogP contribution is -2.34. The minimum Gasteiger partial charge on any atom is -0.491 e. The zero-order valence-corrected chi connectivity index (χ0v) is 28.3. The van der Waals surface area contributed by atoms with Gasteiger partial charge in [-0.15, -0.1) is 0 Å². The second-order valence-corrected chi connectivity index (χ2v) is 10.2. The summed E-state index contributed by atoms with van der Waals surface area (Å²) in [6.45, 7) is 15.4. The maximum atomic E-state index is 12.9. The molecule has 46 heavy (non-hydrogen) atoms. The number of Topliss-reactive ketones (excluding diaryl/α,β-unsaturated/α-hetero) is 1. The zero-order chi connectivity index (χ0) is 35.2. The molecule has 9 nitrogen and oxygen atoms in total. The fraction of sp³-hybridized carbons (Fsp3) is 0.559. The van der Waals surface area contributed by atoms with Gasteiger partial charge in [0.25, 0.3) is 0 Å². The number of hydrogen-bond donors (Lipinski definition) is 1. The molecule has 260 valence electrons. The van der Waals surface area contributed by atoms with Crippen LogP contribution in [-0.4, -0.2) is 70.1 Å². The molecule has 1 amide bonds. The second kappa shape index (κ2) is 22.8. The summed E-state index contributed by atoms with van der Waals surface area (Å²) in [4.78, 5) is 36.7. The van der Waals surface area contributed by atoms with Crippen LogP contribution in [0.5, 0.6) is 5.75 Å². The van der Waals surface area contributed by atoms with E-state index in [0.717, 1.165) is 36.9 Å². The lowest BCUT2D eigenvalue weighted by atomic mass is 9.91. The van der Waals surface area contributed by atoms with E-state index < -0.39 is 41.1 Å². The summed E-state index contributed by atoms with van der Waals surface area (Å²) in [5.74, 6) is -1.89. The van der Waals surface area contributed by atoms with Crippen molar-refractivity contribution in [3.8, 4) is 5.75 Å². The van der Waals surface area contributed by atoms with Crippen molar-refractivity contribution in [2.24, 2.45) is 5.92 Å². The van der Waals surface area contributed by atoms with Crippen LogP contribution in [0.15, 0.2) is 48.5 Å². The number of ether oxygens (including phenoxy) is 5. The minimum atomic E-state index is -4.52. The van der Waals surface area contributed by atoms with Crippen molar-refractivity contribution in [1.29, 1.82) is 0 Å². The number of esters is 1. The number of benzene rings is 2. The Morgan fingerprint density at radius 3 is 1.85 bits per heavy atom. The van der Waals surface area contributed by atoms with Crippen molar-refractivity contribution < 1.29 is 51.2 Å². The highest BCUT2D eigenvalue weighted by molar-refractivity contribution is 6.08. The van der Waals surface area contributed by atoms with E-state index in [9.17, 15) is 27.6 Å². The molecule has 2 aromatic carbocycles. The molecule has 12 heteroatoms. The van der Waals surface area contributed by atoms with Gasteiger partial charge in [-0.25, -0.2) is 4.79 Å². The summed E-state index contributed by atoms with van der Waals surface area (Å²) in [5, 5.41) is 2.60. The van der Waals surface area contributed by atoms with Gasteiger partial charge in [0.1, 0.15) is 23.9 Å². The van der Waals surface area contributed by atoms with Crippen molar-refractivity contribution in [2.45, 2.75) is 73.1 Å². The molecule has 1 atom stereocenters. The molecule has 0 aliphatic carbocycles. The Morgan fingerprint density at radius 2 is 1.33 bits per heavy atom. The van der Waals surface area contributed by atoms with Crippen LogP contribution in [0.1, 0.15) is 76.4 Å². The number of rotatable bonds is 16. The summed E-state index contributed by atoms with van der Waals surface area (Å²) < 4.78 is 64.8. The Labute approximate surface area is 271 Å². The van der Waals surface area contributed by atoms with Crippen molar-refractivity contribution in [2.75, 3.05) is 46.7 Å². The lowest BCUT2D eigenvalue weighted by molar-refractivity contribution is -0.144. The van der Waals surface area contributed by atoms with Gasteiger partial charge in [-0.1, -0.05) is 52.0 Å². The molecule has 0 aliphatic rings. The minimum absolute atomic E-state index is 0.00568. The molecule has 1 N–H and O–H groups in total. The van der Waals surface area contributed by atoms with E-state index in [0.29, 0.717) is 51.7 Å². The average molecular weight is 658 g/mol. The molecular weight excluding hydrogens is 607 g/mol. The smallest absolute Gasteiger partial charge is 0.416 e. The van der Waals surface area contributed by atoms with E-state index in [-0.39, 0.29) is 12.0 Å². The highest BCUT2D eigenvalue weighted by Gasteiger charge is 2.32. The third kappa shape index (κ3) is 17.7. The summed E-state index contributed by atoms with van der Waals surface area (Å²) >= 11 is 0. The number of carbonyl (C=O) groups excluding carboxylic acids is 3. The van der Waals surface area contributed by atoms with Gasteiger partial charge in [-0.2, -0.15) is 13.2 Å². The van der Waals surface area contributed by atoms with E-state index in [4.69, 9.17) is 23.7 Å². The van der Waals surface area contributed by atoms with E-state index in [1.54, 1.807) is 45.0 Å². The second-order valence-electron chi connectivity index (χ2n) is 10.2. The number of nitrogens with one attached hydrogen (secondary N) is 1. The predicted octanol–water partition coefficient (Wildman–Crippen LogP) is 7.30. The highest BCUT2D eigenvalue weighted by Crippen LogP contribution is 2.29. The van der Waals surface area contributed by atoms with Crippen LogP contribution in [-0.2, 0) is 36.3 Å². The molecule has 0 aliphatic heterocycles. The van der Waals surface area contributed by atoms with Crippen LogP contribution in [0.25, 0.3) is 0 Å². The van der Waals surface area contributed by atoms with Crippen LogP contribution < -0.4 is 10.1 Å². The third-order valence-electron chi connectivity index (χ3n) is 5.73. The molecule has 2 aromatic rings. The van der Waals surface area contributed by atoms with Crippen LogP contribution in [0.3, 0.4) is 0 Å². The fourth-order valence-corrected chi connectivity index (χ4v) is 3.67. The van der Waals surface area contributed by atoms with Gasteiger partial charge in [0.2, 0.25) is 0 Å². The Kier molecular flexibility index (Phi) is 21.0. The number of alkyl halides is 3. The van der Waals surface area contributed by atoms with Gasteiger partial charge in [0, 0.05) is 12.1 Å². The maximum Gasteiger partial charge on any atom is 0.416 e. The number of ketones is 1.